The molecule has 0 unspecified atom stereocenters. The highest BCUT2D eigenvalue weighted by Gasteiger charge is 2.22. The number of rotatable bonds is 4. The van der Waals surface area contributed by atoms with E-state index in [2.05, 4.69) is 11.9 Å². The SMILES string of the molecule is CC1CCN(C(=O)COc2cccnc2[N+](=O)[O-])CC1. The van der Waals surface area contributed by atoms with Crippen LogP contribution in [-0.2, 0) is 4.79 Å². The van der Waals surface area contributed by atoms with E-state index in [0.717, 1.165) is 25.9 Å². The van der Waals surface area contributed by atoms with Crippen LogP contribution in [0.3, 0.4) is 0 Å². The smallest absolute Gasteiger partial charge is 0.406 e. The lowest BCUT2D eigenvalue weighted by molar-refractivity contribution is -0.390. The summed E-state index contributed by atoms with van der Waals surface area (Å²) in [5.41, 5.74) is 0. The van der Waals surface area contributed by atoms with E-state index < -0.39 is 4.92 Å². The van der Waals surface area contributed by atoms with Gasteiger partial charge in [-0.25, -0.2) is 0 Å². The van der Waals surface area contributed by atoms with Crippen LogP contribution in [0.25, 0.3) is 0 Å². The fourth-order valence-electron chi connectivity index (χ4n) is 2.12. The Morgan fingerprint density at radius 1 is 1.55 bits per heavy atom. The average molecular weight is 279 g/mol. The molecule has 1 amide bonds. The van der Waals surface area contributed by atoms with Gasteiger partial charge in [0.05, 0.1) is 0 Å². The third-order valence-corrected chi connectivity index (χ3v) is 3.41. The summed E-state index contributed by atoms with van der Waals surface area (Å²) in [6.45, 7) is 3.41. The van der Waals surface area contributed by atoms with Gasteiger partial charge in [-0.15, -0.1) is 0 Å². The second-order valence-electron chi connectivity index (χ2n) is 4.93. The summed E-state index contributed by atoms with van der Waals surface area (Å²) in [4.78, 5) is 27.5. The third-order valence-electron chi connectivity index (χ3n) is 3.41. The summed E-state index contributed by atoms with van der Waals surface area (Å²) in [7, 11) is 0. The van der Waals surface area contributed by atoms with Crippen LogP contribution < -0.4 is 4.74 Å². The number of amides is 1. The quantitative estimate of drug-likeness (QED) is 0.617. The topological polar surface area (TPSA) is 85.6 Å². The molecular weight excluding hydrogens is 262 g/mol. The van der Waals surface area contributed by atoms with Crippen molar-refractivity contribution in [3.05, 3.63) is 28.4 Å². The molecule has 1 aliphatic heterocycles. The Bertz CT molecular complexity index is 498. The van der Waals surface area contributed by atoms with E-state index in [1.807, 2.05) is 0 Å². The van der Waals surface area contributed by atoms with Gasteiger partial charge in [0.15, 0.2) is 6.61 Å². The zero-order valence-electron chi connectivity index (χ0n) is 11.3. The summed E-state index contributed by atoms with van der Waals surface area (Å²) in [5.74, 6) is 0.151. The minimum atomic E-state index is -0.623. The lowest BCUT2D eigenvalue weighted by Gasteiger charge is -2.30. The van der Waals surface area contributed by atoms with Crippen LogP contribution in [0.5, 0.6) is 5.75 Å². The fraction of sp³-hybridized carbons (Fsp3) is 0.538. The predicted molar refractivity (Wildman–Crippen MR) is 71.4 cm³/mol. The Balaban J connectivity index is 1.92. The van der Waals surface area contributed by atoms with Crippen molar-refractivity contribution in [2.75, 3.05) is 19.7 Å². The zero-order valence-corrected chi connectivity index (χ0v) is 11.3. The second-order valence-corrected chi connectivity index (χ2v) is 4.93. The average Bonchev–Trinajstić information content (AvgIpc) is 2.45. The summed E-state index contributed by atoms with van der Waals surface area (Å²) in [6.07, 6.45) is 3.29. The first-order chi connectivity index (χ1) is 9.58. The van der Waals surface area contributed by atoms with Crippen LogP contribution in [0.15, 0.2) is 18.3 Å². The molecular formula is C13H17N3O4. The zero-order chi connectivity index (χ0) is 14.5. The van der Waals surface area contributed by atoms with Crippen molar-refractivity contribution in [3.8, 4) is 5.75 Å². The van der Waals surface area contributed by atoms with Crippen molar-refractivity contribution >= 4 is 11.7 Å². The van der Waals surface area contributed by atoms with E-state index in [1.54, 1.807) is 4.90 Å². The molecule has 1 aromatic rings. The Kier molecular flexibility index (Phi) is 4.49. The largest absolute Gasteiger partial charge is 0.476 e. The van der Waals surface area contributed by atoms with Crippen LogP contribution >= 0.6 is 0 Å². The van der Waals surface area contributed by atoms with Crippen molar-refractivity contribution in [1.82, 2.24) is 9.88 Å². The number of piperidine rings is 1. The van der Waals surface area contributed by atoms with E-state index in [-0.39, 0.29) is 24.1 Å². The molecule has 0 aromatic carbocycles. The van der Waals surface area contributed by atoms with E-state index in [0.29, 0.717) is 5.92 Å². The molecule has 1 saturated heterocycles. The van der Waals surface area contributed by atoms with Gasteiger partial charge in [-0.05, 0) is 40.8 Å². The van der Waals surface area contributed by atoms with E-state index in [1.165, 1.54) is 18.3 Å². The molecule has 0 radical (unpaired) electrons. The Morgan fingerprint density at radius 2 is 2.25 bits per heavy atom. The molecule has 108 valence electrons. The number of nitrogens with zero attached hydrogens (tertiary/aromatic N) is 3. The van der Waals surface area contributed by atoms with Gasteiger partial charge >= 0.3 is 5.82 Å². The minimum Gasteiger partial charge on any atom is -0.476 e. The minimum absolute atomic E-state index is 0.0243. The van der Waals surface area contributed by atoms with Crippen molar-refractivity contribution in [2.45, 2.75) is 19.8 Å². The second kappa shape index (κ2) is 6.31. The molecule has 0 saturated carbocycles. The van der Waals surface area contributed by atoms with Crippen LogP contribution in [0, 0.1) is 16.0 Å². The summed E-state index contributed by atoms with van der Waals surface area (Å²) >= 11 is 0. The van der Waals surface area contributed by atoms with Gasteiger partial charge in [-0.1, -0.05) is 6.92 Å². The number of hydrogen-bond donors (Lipinski definition) is 0. The molecule has 7 nitrogen and oxygen atoms in total. The van der Waals surface area contributed by atoms with E-state index in [9.17, 15) is 14.9 Å². The summed E-state index contributed by atoms with van der Waals surface area (Å²) in [5, 5.41) is 10.8. The molecule has 2 rings (SSSR count). The van der Waals surface area contributed by atoms with E-state index >= 15 is 0 Å². The highest BCUT2D eigenvalue weighted by Crippen LogP contribution is 2.23. The van der Waals surface area contributed by atoms with Crippen molar-refractivity contribution < 1.29 is 14.5 Å². The van der Waals surface area contributed by atoms with Gasteiger partial charge in [0, 0.05) is 13.1 Å². The molecule has 2 heterocycles. The molecule has 1 aromatic heterocycles. The van der Waals surface area contributed by atoms with Gasteiger partial charge < -0.3 is 19.8 Å². The van der Waals surface area contributed by atoms with Crippen LogP contribution in [0.2, 0.25) is 0 Å². The lowest BCUT2D eigenvalue weighted by atomic mass is 9.99. The number of likely N-dealkylation sites (tertiary alicyclic amines) is 1. The molecule has 0 aliphatic carbocycles. The Hall–Kier alpha value is -2.18. The number of ether oxygens (including phenoxy) is 1. The van der Waals surface area contributed by atoms with Crippen molar-refractivity contribution in [3.63, 3.8) is 0 Å². The molecule has 0 N–H and O–H groups in total. The van der Waals surface area contributed by atoms with Gasteiger partial charge in [0.1, 0.15) is 6.20 Å². The maximum atomic E-state index is 12.0. The fourth-order valence-corrected chi connectivity index (χ4v) is 2.12. The maximum absolute atomic E-state index is 12.0. The normalized spacial score (nSPS) is 15.9. The van der Waals surface area contributed by atoms with Crippen LogP contribution in [0.4, 0.5) is 5.82 Å². The molecule has 0 spiro atoms. The molecule has 0 bridgehead atoms. The van der Waals surface area contributed by atoms with Crippen molar-refractivity contribution in [2.24, 2.45) is 5.92 Å². The third kappa shape index (κ3) is 3.43. The number of carbonyl (C=O) groups excluding carboxylic acids is 1. The number of pyridine rings is 1. The first-order valence-electron chi connectivity index (χ1n) is 6.58. The number of hydrogen-bond acceptors (Lipinski definition) is 5. The number of nitro groups is 1. The lowest BCUT2D eigenvalue weighted by Crippen LogP contribution is -2.40. The Morgan fingerprint density at radius 3 is 2.90 bits per heavy atom. The molecule has 20 heavy (non-hydrogen) atoms. The summed E-state index contributed by atoms with van der Waals surface area (Å²) in [6, 6.07) is 2.98. The van der Waals surface area contributed by atoms with Crippen LogP contribution in [-0.4, -0.2) is 40.4 Å². The number of aromatic nitrogens is 1. The molecule has 0 atom stereocenters. The monoisotopic (exact) mass is 279 g/mol. The predicted octanol–water partition coefficient (Wildman–Crippen LogP) is 1.63. The summed E-state index contributed by atoms with van der Waals surface area (Å²) < 4.78 is 5.24. The Labute approximate surface area is 116 Å². The first kappa shape index (κ1) is 14.2. The van der Waals surface area contributed by atoms with E-state index in [4.69, 9.17) is 4.74 Å². The highest BCUT2D eigenvalue weighted by atomic mass is 16.6. The van der Waals surface area contributed by atoms with Gasteiger partial charge in [-0.3, -0.25) is 4.79 Å². The number of carbonyl (C=O) groups is 1. The first-order valence-corrected chi connectivity index (χ1v) is 6.58. The molecule has 1 aliphatic rings. The highest BCUT2D eigenvalue weighted by molar-refractivity contribution is 5.78. The maximum Gasteiger partial charge on any atom is 0.406 e. The van der Waals surface area contributed by atoms with Gasteiger partial charge in [-0.2, -0.15) is 0 Å². The standard InChI is InChI=1S/C13H17N3O4/c1-10-4-7-15(8-5-10)12(17)9-20-11-3-2-6-14-13(11)16(18)19/h2-3,6,10H,4-5,7-9H2,1H3. The van der Waals surface area contributed by atoms with Gasteiger partial charge in [0.25, 0.3) is 5.91 Å². The molecule has 1 fully saturated rings. The molecule has 7 heteroatoms. The van der Waals surface area contributed by atoms with Gasteiger partial charge in [0.2, 0.25) is 5.75 Å². The van der Waals surface area contributed by atoms with Crippen LogP contribution in [0.1, 0.15) is 19.8 Å². The van der Waals surface area contributed by atoms with Crippen molar-refractivity contribution in [1.29, 1.82) is 0 Å².